The van der Waals surface area contributed by atoms with Gasteiger partial charge in [-0.25, -0.2) is 4.79 Å². The van der Waals surface area contributed by atoms with Crippen molar-refractivity contribution in [2.75, 3.05) is 26.7 Å². The molecule has 3 heterocycles. The van der Waals surface area contributed by atoms with Gasteiger partial charge in [-0.2, -0.15) is 8.78 Å². The van der Waals surface area contributed by atoms with E-state index in [1.807, 2.05) is 11.9 Å². The number of aromatic hydroxyl groups is 1. The van der Waals surface area contributed by atoms with Crippen LogP contribution in [-0.4, -0.2) is 75.6 Å². The zero-order valence-corrected chi connectivity index (χ0v) is 21.1. The van der Waals surface area contributed by atoms with Gasteiger partial charge in [0.1, 0.15) is 23.1 Å². The summed E-state index contributed by atoms with van der Waals surface area (Å²) >= 11 is 0. The molecule has 5 rings (SSSR count). The maximum absolute atomic E-state index is 13.8. The maximum atomic E-state index is 13.8. The van der Waals surface area contributed by atoms with E-state index in [0.717, 1.165) is 5.56 Å². The molecule has 0 saturated carbocycles. The first kappa shape index (κ1) is 25.5. The number of rotatable bonds is 8. The van der Waals surface area contributed by atoms with Gasteiger partial charge in [0.25, 0.3) is 5.91 Å². The van der Waals surface area contributed by atoms with E-state index in [1.54, 1.807) is 36.1 Å². The molecule has 0 aliphatic carbocycles. The molecule has 2 aliphatic rings. The molecule has 0 spiro atoms. The van der Waals surface area contributed by atoms with Gasteiger partial charge in [0.05, 0.1) is 6.54 Å². The van der Waals surface area contributed by atoms with Crippen LogP contribution < -0.4 is 4.74 Å². The van der Waals surface area contributed by atoms with Crippen molar-refractivity contribution in [2.45, 2.75) is 38.0 Å². The summed E-state index contributed by atoms with van der Waals surface area (Å²) in [4.78, 5) is 35.8. The summed E-state index contributed by atoms with van der Waals surface area (Å²) in [6, 6.07) is 10.0. The van der Waals surface area contributed by atoms with Gasteiger partial charge in [-0.15, -0.1) is 6.42 Å². The number of hydrogen-bond donors (Lipinski definition) is 2. The average Bonchev–Trinajstić information content (AvgIpc) is 3.30. The molecule has 10 heteroatoms. The molecule has 0 radical (unpaired) electrons. The number of phenolic OH excluding ortho intramolecular Hbond substituents is 1. The molecule has 1 unspecified atom stereocenters. The van der Waals surface area contributed by atoms with Gasteiger partial charge in [-0.05, 0) is 61.9 Å². The fourth-order valence-corrected chi connectivity index (χ4v) is 5.64. The summed E-state index contributed by atoms with van der Waals surface area (Å²) in [7, 11) is 1.87. The number of terminal acetylenes is 1. The third kappa shape index (κ3) is 4.23. The molecule has 2 N–H and O–H groups in total. The van der Waals surface area contributed by atoms with Crippen LogP contribution in [-0.2, 0) is 11.2 Å². The Labute approximate surface area is 218 Å². The highest BCUT2D eigenvalue weighted by molar-refractivity contribution is 6.08. The van der Waals surface area contributed by atoms with Gasteiger partial charge in [0, 0.05) is 36.1 Å². The first-order valence-electron chi connectivity index (χ1n) is 12.3. The lowest BCUT2D eigenvalue weighted by atomic mass is 9.81. The van der Waals surface area contributed by atoms with E-state index in [2.05, 4.69) is 15.6 Å². The van der Waals surface area contributed by atoms with Gasteiger partial charge < -0.3 is 14.8 Å². The first-order chi connectivity index (χ1) is 18.1. The van der Waals surface area contributed by atoms with Crippen molar-refractivity contribution in [3.8, 4) is 23.8 Å². The number of halogens is 2. The quantitative estimate of drug-likeness (QED) is 0.344. The van der Waals surface area contributed by atoms with Gasteiger partial charge in [0.15, 0.2) is 0 Å². The van der Waals surface area contributed by atoms with Gasteiger partial charge >= 0.3 is 12.6 Å². The number of nitrogens with one attached hydrogen (secondary N) is 1. The first-order valence-corrected chi connectivity index (χ1v) is 12.3. The summed E-state index contributed by atoms with van der Waals surface area (Å²) in [6.07, 6.45) is 6.11. The number of alkyl halides is 2. The molecular weight excluding hydrogens is 494 g/mol. The topological polar surface area (TPSA) is 89.1 Å². The number of nitrogens with zero attached hydrogens (tertiary/aromatic N) is 3. The van der Waals surface area contributed by atoms with E-state index >= 15 is 0 Å². The molecule has 2 aromatic carbocycles. The Kier molecular flexibility index (Phi) is 6.49. The Balaban J connectivity index is 1.59. The second-order valence-corrected chi connectivity index (χ2v) is 9.96. The summed E-state index contributed by atoms with van der Waals surface area (Å²) in [5.41, 5.74) is 1.46. The maximum Gasteiger partial charge on any atom is 0.387 e. The Bertz CT molecular complexity index is 1450. The molecule has 38 heavy (non-hydrogen) atoms. The third-order valence-corrected chi connectivity index (χ3v) is 7.33. The number of imide groups is 1. The largest absolute Gasteiger partial charge is 0.508 e. The molecule has 1 aromatic heterocycles. The number of carbonyl (C=O) groups excluding carboxylic acids is 2. The predicted molar refractivity (Wildman–Crippen MR) is 137 cm³/mol. The van der Waals surface area contributed by atoms with E-state index in [0.29, 0.717) is 41.7 Å². The monoisotopic (exact) mass is 522 g/mol. The Morgan fingerprint density at radius 3 is 2.79 bits per heavy atom. The standard InChI is InChI=1S/C28H28F2N4O4/c1-4-11-32(3)12-6-13-33-25(36)28(2)16-21-20-15-19(38-26(29)30)9-10-22(20)31-23(21)24(34(28)27(33)37)17-7-5-8-18(35)14-17/h1,5,7-10,14-15,24,26,31,35H,6,11-13,16H2,2-3H3/t24?,28-/m0/s1. The summed E-state index contributed by atoms with van der Waals surface area (Å²) in [5, 5.41) is 10.9. The number of amides is 3. The molecule has 1 saturated heterocycles. The zero-order valence-electron chi connectivity index (χ0n) is 21.1. The molecule has 0 bridgehead atoms. The minimum Gasteiger partial charge on any atom is -0.508 e. The summed E-state index contributed by atoms with van der Waals surface area (Å²) in [6.45, 7) is 0.0633. The number of carbonyl (C=O) groups is 2. The third-order valence-electron chi connectivity index (χ3n) is 7.33. The van der Waals surface area contributed by atoms with Gasteiger partial charge in [0.2, 0.25) is 0 Å². The number of aromatic amines is 1. The predicted octanol–water partition coefficient (Wildman–Crippen LogP) is 4.10. The van der Waals surface area contributed by atoms with Crippen LogP contribution >= 0.6 is 0 Å². The van der Waals surface area contributed by atoms with Crippen LogP contribution in [0.1, 0.15) is 36.2 Å². The molecule has 3 amide bonds. The summed E-state index contributed by atoms with van der Waals surface area (Å²) < 4.78 is 30.5. The Morgan fingerprint density at radius 2 is 2.08 bits per heavy atom. The highest BCUT2D eigenvalue weighted by Gasteiger charge is 2.60. The van der Waals surface area contributed by atoms with E-state index in [1.165, 1.54) is 23.1 Å². The molecule has 198 valence electrons. The van der Waals surface area contributed by atoms with Crippen molar-refractivity contribution in [3.05, 3.63) is 59.3 Å². The number of hydrogen-bond acceptors (Lipinski definition) is 5. The fraction of sp³-hybridized carbons (Fsp3) is 0.357. The number of benzene rings is 2. The molecule has 8 nitrogen and oxygen atoms in total. The number of fused-ring (bicyclic) bond motifs is 4. The van der Waals surface area contributed by atoms with Gasteiger partial charge in [-0.1, -0.05) is 18.1 Å². The Hall–Kier alpha value is -4.10. The van der Waals surface area contributed by atoms with E-state index < -0.39 is 24.2 Å². The fourth-order valence-electron chi connectivity index (χ4n) is 5.64. The van der Waals surface area contributed by atoms with E-state index in [-0.39, 0.29) is 30.4 Å². The second-order valence-electron chi connectivity index (χ2n) is 9.96. The van der Waals surface area contributed by atoms with Crippen LogP contribution in [0, 0.1) is 12.3 Å². The van der Waals surface area contributed by atoms with Crippen LogP contribution in [0.5, 0.6) is 11.5 Å². The number of aromatic nitrogens is 1. The lowest BCUT2D eigenvalue weighted by Gasteiger charge is -2.42. The number of H-pyrrole nitrogens is 1. The van der Waals surface area contributed by atoms with Crippen molar-refractivity contribution in [1.82, 2.24) is 19.7 Å². The average molecular weight is 523 g/mol. The minimum atomic E-state index is -2.97. The van der Waals surface area contributed by atoms with Crippen LogP contribution in [0.3, 0.4) is 0 Å². The van der Waals surface area contributed by atoms with Crippen molar-refractivity contribution in [2.24, 2.45) is 0 Å². The normalized spacial score (nSPS) is 20.8. The zero-order chi connectivity index (χ0) is 27.2. The van der Waals surface area contributed by atoms with E-state index in [9.17, 15) is 23.5 Å². The van der Waals surface area contributed by atoms with Crippen molar-refractivity contribution in [3.63, 3.8) is 0 Å². The highest BCUT2D eigenvalue weighted by Crippen LogP contribution is 2.49. The van der Waals surface area contributed by atoms with Gasteiger partial charge in [-0.3, -0.25) is 19.5 Å². The molecular formula is C28H28F2N4O4. The van der Waals surface area contributed by atoms with Crippen LogP contribution in [0.4, 0.5) is 13.6 Å². The number of ether oxygens (including phenoxy) is 1. The lowest BCUT2D eigenvalue weighted by Crippen LogP contribution is -2.53. The highest BCUT2D eigenvalue weighted by atomic mass is 19.3. The molecule has 2 aliphatic heterocycles. The van der Waals surface area contributed by atoms with Crippen molar-refractivity contribution >= 4 is 22.8 Å². The smallest absolute Gasteiger partial charge is 0.387 e. The lowest BCUT2D eigenvalue weighted by molar-refractivity contribution is -0.133. The second kappa shape index (κ2) is 9.65. The van der Waals surface area contributed by atoms with E-state index in [4.69, 9.17) is 6.42 Å². The molecule has 2 atom stereocenters. The SMILES string of the molecule is C#CCN(C)CCCN1C(=O)N2C(c3cccc(O)c3)c3[nH]c4ccc(OC(F)F)cc4c3C[C@@]2(C)C1=O. The van der Waals surface area contributed by atoms with Crippen LogP contribution in [0.15, 0.2) is 42.5 Å². The van der Waals surface area contributed by atoms with Crippen molar-refractivity contribution < 1.29 is 28.2 Å². The summed E-state index contributed by atoms with van der Waals surface area (Å²) in [5.74, 6) is 2.27. The molecule has 1 fully saturated rings. The Morgan fingerprint density at radius 1 is 1.29 bits per heavy atom. The molecule has 3 aromatic rings. The number of phenols is 1. The number of urea groups is 1. The van der Waals surface area contributed by atoms with Crippen LogP contribution in [0.25, 0.3) is 10.9 Å². The minimum absolute atomic E-state index is 0.00216. The van der Waals surface area contributed by atoms with Crippen molar-refractivity contribution in [1.29, 1.82) is 0 Å². The van der Waals surface area contributed by atoms with Crippen LogP contribution in [0.2, 0.25) is 0 Å².